The molecule has 1 spiro atoms. The summed E-state index contributed by atoms with van der Waals surface area (Å²) in [6.07, 6.45) is 4.95. The van der Waals surface area contributed by atoms with Crippen molar-refractivity contribution >= 4 is 5.97 Å². The zero-order chi connectivity index (χ0) is 14.2. The van der Waals surface area contributed by atoms with Crippen molar-refractivity contribution in [2.45, 2.75) is 43.8 Å². The van der Waals surface area contributed by atoms with Gasteiger partial charge in [-0.05, 0) is 31.4 Å². The van der Waals surface area contributed by atoms with Gasteiger partial charge in [-0.25, -0.2) is 9.18 Å². The Morgan fingerprint density at radius 1 is 1.45 bits per heavy atom. The first-order valence-electron chi connectivity index (χ1n) is 6.91. The minimum Gasteiger partial charge on any atom is -0.490 e. The van der Waals surface area contributed by atoms with Gasteiger partial charge in [-0.1, -0.05) is 0 Å². The number of aromatic carboxylic acids is 1. The van der Waals surface area contributed by atoms with E-state index >= 15 is 0 Å². The lowest BCUT2D eigenvalue weighted by Gasteiger charge is -2.46. The van der Waals surface area contributed by atoms with Crippen molar-refractivity contribution in [3.63, 3.8) is 0 Å². The summed E-state index contributed by atoms with van der Waals surface area (Å²) in [6, 6.07) is 3.90. The number of carboxylic acid groups (broad SMARTS) is 1. The third kappa shape index (κ3) is 2.50. The fourth-order valence-corrected chi connectivity index (χ4v) is 2.94. The van der Waals surface area contributed by atoms with Gasteiger partial charge in [-0.15, -0.1) is 0 Å². The van der Waals surface area contributed by atoms with Gasteiger partial charge >= 0.3 is 5.97 Å². The van der Waals surface area contributed by atoms with Crippen LogP contribution in [0.1, 0.15) is 42.5 Å². The molecule has 5 heteroatoms. The molecule has 1 N–H and O–H groups in total. The zero-order valence-electron chi connectivity index (χ0n) is 11.1. The zero-order valence-corrected chi connectivity index (χ0v) is 11.1. The lowest BCUT2D eigenvalue weighted by atomic mass is 9.74. The van der Waals surface area contributed by atoms with E-state index in [-0.39, 0.29) is 17.3 Å². The van der Waals surface area contributed by atoms with E-state index in [0.29, 0.717) is 12.4 Å². The van der Waals surface area contributed by atoms with Gasteiger partial charge in [0.2, 0.25) is 0 Å². The summed E-state index contributed by atoms with van der Waals surface area (Å²) in [4.78, 5) is 10.8. The summed E-state index contributed by atoms with van der Waals surface area (Å²) in [5.41, 5.74) is -0.359. The van der Waals surface area contributed by atoms with Crippen molar-refractivity contribution in [3.8, 4) is 5.75 Å². The summed E-state index contributed by atoms with van der Waals surface area (Å²) >= 11 is 0. The average Bonchev–Trinajstić information content (AvgIpc) is 2.37. The maximum absolute atomic E-state index is 13.6. The molecule has 20 heavy (non-hydrogen) atoms. The summed E-state index contributed by atoms with van der Waals surface area (Å²) in [5.74, 6) is -1.65. The van der Waals surface area contributed by atoms with E-state index in [1.165, 1.54) is 18.6 Å². The van der Waals surface area contributed by atoms with Crippen LogP contribution in [0.2, 0.25) is 0 Å². The van der Waals surface area contributed by atoms with E-state index in [0.717, 1.165) is 31.7 Å². The molecule has 108 valence electrons. The van der Waals surface area contributed by atoms with Gasteiger partial charge in [-0.3, -0.25) is 0 Å². The van der Waals surface area contributed by atoms with Crippen molar-refractivity contribution in [1.29, 1.82) is 0 Å². The highest BCUT2D eigenvalue weighted by Gasteiger charge is 2.43. The number of carboxylic acids is 1. The van der Waals surface area contributed by atoms with Crippen LogP contribution < -0.4 is 4.74 Å². The SMILES string of the molecule is O=C(O)c1ccc(OC2CCOC3(CCC3)C2)cc1F. The highest BCUT2D eigenvalue weighted by atomic mass is 19.1. The molecular formula is C15H17FO4. The maximum atomic E-state index is 13.6. The summed E-state index contributed by atoms with van der Waals surface area (Å²) in [6.45, 7) is 0.667. The van der Waals surface area contributed by atoms with Gasteiger partial charge in [0.1, 0.15) is 17.7 Å². The quantitative estimate of drug-likeness (QED) is 0.924. The molecule has 1 aromatic carbocycles. The Morgan fingerprint density at radius 3 is 2.85 bits per heavy atom. The Hall–Kier alpha value is -1.62. The van der Waals surface area contributed by atoms with Gasteiger partial charge in [0.25, 0.3) is 0 Å². The average molecular weight is 280 g/mol. The van der Waals surface area contributed by atoms with Gasteiger partial charge in [0.15, 0.2) is 0 Å². The number of benzene rings is 1. The highest BCUT2D eigenvalue weighted by molar-refractivity contribution is 5.88. The monoisotopic (exact) mass is 280 g/mol. The number of carbonyl (C=O) groups is 1. The van der Waals surface area contributed by atoms with Crippen molar-refractivity contribution in [3.05, 3.63) is 29.6 Å². The first-order chi connectivity index (χ1) is 9.58. The Bertz CT molecular complexity index is 525. The molecule has 1 saturated carbocycles. The fourth-order valence-electron chi connectivity index (χ4n) is 2.94. The number of ether oxygens (including phenoxy) is 2. The summed E-state index contributed by atoms with van der Waals surface area (Å²) < 4.78 is 25.2. The highest BCUT2D eigenvalue weighted by Crippen LogP contribution is 2.43. The first-order valence-corrected chi connectivity index (χ1v) is 6.91. The predicted molar refractivity (Wildman–Crippen MR) is 69.5 cm³/mol. The van der Waals surface area contributed by atoms with Gasteiger partial charge in [0.05, 0.1) is 17.8 Å². The second kappa shape index (κ2) is 5.05. The molecule has 3 rings (SSSR count). The number of hydrogen-bond acceptors (Lipinski definition) is 3. The van der Waals surface area contributed by atoms with Crippen LogP contribution in [0.15, 0.2) is 18.2 Å². The van der Waals surface area contributed by atoms with Crippen LogP contribution in [0.4, 0.5) is 4.39 Å². The number of hydrogen-bond donors (Lipinski definition) is 1. The lowest BCUT2D eigenvalue weighted by Crippen LogP contribution is -2.48. The van der Waals surface area contributed by atoms with Gasteiger partial charge in [-0.2, -0.15) is 0 Å². The van der Waals surface area contributed by atoms with Crippen LogP contribution in [0.3, 0.4) is 0 Å². The normalized spacial score (nSPS) is 24.1. The largest absolute Gasteiger partial charge is 0.490 e. The third-order valence-corrected chi connectivity index (χ3v) is 4.19. The third-order valence-electron chi connectivity index (χ3n) is 4.19. The van der Waals surface area contributed by atoms with E-state index < -0.39 is 11.8 Å². The molecule has 1 aromatic rings. The van der Waals surface area contributed by atoms with E-state index in [4.69, 9.17) is 14.6 Å². The molecule has 0 bridgehead atoms. The Morgan fingerprint density at radius 2 is 2.25 bits per heavy atom. The van der Waals surface area contributed by atoms with Crippen molar-refractivity contribution in [1.82, 2.24) is 0 Å². The topological polar surface area (TPSA) is 55.8 Å². The van der Waals surface area contributed by atoms with E-state index in [1.807, 2.05) is 0 Å². The summed E-state index contributed by atoms with van der Waals surface area (Å²) in [7, 11) is 0. The molecule has 2 fully saturated rings. The molecule has 0 radical (unpaired) electrons. The molecule has 4 nitrogen and oxygen atoms in total. The fraction of sp³-hybridized carbons (Fsp3) is 0.533. The molecule has 1 aliphatic carbocycles. The molecule has 1 saturated heterocycles. The van der Waals surface area contributed by atoms with Crippen molar-refractivity contribution in [2.75, 3.05) is 6.61 Å². The van der Waals surface area contributed by atoms with Crippen molar-refractivity contribution in [2.24, 2.45) is 0 Å². The lowest BCUT2D eigenvalue weighted by molar-refractivity contribution is -0.153. The Kier molecular flexibility index (Phi) is 3.38. The van der Waals surface area contributed by atoms with Crippen LogP contribution in [0.25, 0.3) is 0 Å². The number of halogens is 1. The second-order valence-corrected chi connectivity index (χ2v) is 5.56. The van der Waals surface area contributed by atoms with Gasteiger partial charge < -0.3 is 14.6 Å². The second-order valence-electron chi connectivity index (χ2n) is 5.56. The van der Waals surface area contributed by atoms with Crippen LogP contribution >= 0.6 is 0 Å². The van der Waals surface area contributed by atoms with Gasteiger partial charge in [0, 0.05) is 18.9 Å². The van der Waals surface area contributed by atoms with E-state index in [1.54, 1.807) is 0 Å². The molecule has 0 amide bonds. The minimum absolute atomic E-state index is 0.0131. The van der Waals surface area contributed by atoms with Crippen LogP contribution in [0, 0.1) is 5.82 Å². The minimum atomic E-state index is -1.27. The molecule has 2 aliphatic rings. The molecular weight excluding hydrogens is 263 g/mol. The smallest absolute Gasteiger partial charge is 0.338 e. The molecule has 1 aliphatic heterocycles. The predicted octanol–water partition coefficient (Wildman–Crippen LogP) is 3.00. The molecule has 1 atom stereocenters. The van der Waals surface area contributed by atoms with Crippen molar-refractivity contribution < 1.29 is 23.8 Å². The van der Waals surface area contributed by atoms with Crippen LogP contribution in [0.5, 0.6) is 5.75 Å². The molecule has 1 heterocycles. The number of rotatable bonds is 3. The Labute approximate surface area is 116 Å². The molecule has 0 aromatic heterocycles. The van der Waals surface area contributed by atoms with Crippen LogP contribution in [-0.4, -0.2) is 29.4 Å². The summed E-state index contributed by atoms with van der Waals surface area (Å²) in [5, 5.41) is 8.79. The molecule has 1 unspecified atom stereocenters. The Balaban J connectivity index is 1.68. The maximum Gasteiger partial charge on any atom is 0.338 e. The standard InChI is InChI=1S/C15H17FO4/c16-13-8-10(2-3-12(13)14(17)18)20-11-4-7-19-15(9-11)5-1-6-15/h2-3,8,11H,1,4-7,9H2,(H,17,18). The van der Waals surface area contributed by atoms with E-state index in [9.17, 15) is 9.18 Å². The van der Waals surface area contributed by atoms with E-state index in [2.05, 4.69) is 0 Å². The first kappa shape index (κ1) is 13.4. The van der Waals surface area contributed by atoms with Crippen LogP contribution in [-0.2, 0) is 4.74 Å².